The van der Waals surface area contributed by atoms with E-state index in [0.717, 1.165) is 29.6 Å². The molecular weight excluding hydrogens is 204 g/mol. The molecule has 94 valence electrons. The average molecular weight is 230 g/mol. The van der Waals surface area contributed by atoms with Gasteiger partial charge < -0.3 is 0 Å². The summed E-state index contributed by atoms with van der Waals surface area (Å²) >= 11 is 0. The highest BCUT2D eigenvalue weighted by molar-refractivity contribution is 5.18. The summed E-state index contributed by atoms with van der Waals surface area (Å²) in [5, 5.41) is 0. The van der Waals surface area contributed by atoms with Crippen LogP contribution < -0.4 is 0 Å². The number of hydrogen-bond donors (Lipinski definition) is 0. The van der Waals surface area contributed by atoms with Gasteiger partial charge in [0.1, 0.15) is 0 Å². The van der Waals surface area contributed by atoms with Crippen molar-refractivity contribution < 1.29 is 0 Å². The van der Waals surface area contributed by atoms with E-state index >= 15 is 0 Å². The zero-order chi connectivity index (χ0) is 11.7. The minimum Gasteiger partial charge on any atom is -0.0806 e. The Kier molecular flexibility index (Phi) is 3.40. The second-order valence-corrected chi connectivity index (χ2v) is 6.64. The summed E-state index contributed by atoms with van der Waals surface area (Å²) in [5.41, 5.74) is 0. The summed E-state index contributed by atoms with van der Waals surface area (Å²) in [4.78, 5) is 0. The van der Waals surface area contributed by atoms with Crippen molar-refractivity contribution in [2.24, 2.45) is 29.6 Å². The quantitative estimate of drug-likeness (QED) is 0.628. The number of rotatable bonds is 2. The first-order chi connectivity index (χ1) is 8.34. The monoisotopic (exact) mass is 230 g/mol. The molecule has 0 aromatic rings. The minimum absolute atomic E-state index is 0.855. The lowest BCUT2D eigenvalue weighted by molar-refractivity contribution is 0.263. The fourth-order valence-electron chi connectivity index (χ4n) is 4.58. The molecule has 0 aliphatic heterocycles. The molecule has 0 bridgehead atoms. The van der Waals surface area contributed by atoms with E-state index in [1.54, 1.807) is 0 Å². The summed E-state index contributed by atoms with van der Waals surface area (Å²) in [5.74, 6) is 4.68. The van der Waals surface area contributed by atoms with Gasteiger partial charge in [-0.1, -0.05) is 63.3 Å². The van der Waals surface area contributed by atoms with Crippen LogP contribution in [0.5, 0.6) is 0 Å². The molecule has 0 heterocycles. The van der Waals surface area contributed by atoms with Crippen LogP contribution in [-0.4, -0.2) is 0 Å². The fraction of sp³-hybridized carbons (Fsp3) is 0.765. The lowest BCUT2D eigenvalue weighted by Crippen LogP contribution is -2.18. The Bertz CT molecular complexity index is 306. The number of allylic oxidation sites excluding steroid dienone is 4. The van der Waals surface area contributed by atoms with Crippen LogP contribution in [-0.2, 0) is 0 Å². The van der Waals surface area contributed by atoms with Crippen molar-refractivity contribution in [3.8, 4) is 0 Å². The molecule has 0 saturated heterocycles. The van der Waals surface area contributed by atoms with Crippen LogP contribution >= 0.6 is 0 Å². The molecule has 0 spiro atoms. The SMILES string of the molecule is CC1CC(CC2CCCCC2)C2C=CC=CC12. The standard InChI is InChI=1S/C17H26/c1-13-11-15(12-14-7-3-2-4-8-14)17-10-6-5-9-16(13)17/h5-6,9-10,13-17H,2-4,7-8,11-12H2,1H3. The van der Waals surface area contributed by atoms with Gasteiger partial charge in [-0.3, -0.25) is 0 Å². The molecule has 0 N–H and O–H groups in total. The Balaban J connectivity index is 1.63. The van der Waals surface area contributed by atoms with Gasteiger partial charge in [-0.15, -0.1) is 0 Å². The second kappa shape index (κ2) is 5.00. The largest absolute Gasteiger partial charge is 0.0806 e. The predicted octanol–water partition coefficient (Wildman–Crippen LogP) is 4.97. The summed E-state index contributed by atoms with van der Waals surface area (Å²) in [7, 11) is 0. The Hall–Kier alpha value is -0.520. The number of hydrogen-bond acceptors (Lipinski definition) is 0. The van der Waals surface area contributed by atoms with Crippen LogP contribution in [0.1, 0.15) is 51.9 Å². The van der Waals surface area contributed by atoms with Crippen LogP contribution in [0.3, 0.4) is 0 Å². The molecule has 0 heteroatoms. The summed E-state index contributed by atoms with van der Waals surface area (Å²) in [6.07, 6.45) is 20.0. The highest BCUT2D eigenvalue weighted by atomic mass is 14.4. The fourth-order valence-corrected chi connectivity index (χ4v) is 4.58. The highest BCUT2D eigenvalue weighted by Gasteiger charge is 2.39. The molecule has 0 aromatic heterocycles. The molecule has 3 rings (SSSR count). The van der Waals surface area contributed by atoms with Gasteiger partial charge in [0.2, 0.25) is 0 Å². The normalized spacial score (nSPS) is 41.7. The maximum Gasteiger partial charge on any atom is -0.0136 e. The Morgan fingerprint density at radius 2 is 1.65 bits per heavy atom. The molecular formula is C17H26. The summed E-state index contributed by atoms with van der Waals surface area (Å²) < 4.78 is 0. The molecule has 0 aromatic carbocycles. The van der Waals surface area contributed by atoms with E-state index in [4.69, 9.17) is 0 Å². The van der Waals surface area contributed by atoms with Crippen LogP contribution in [0.25, 0.3) is 0 Å². The van der Waals surface area contributed by atoms with Gasteiger partial charge in [0, 0.05) is 0 Å². The van der Waals surface area contributed by atoms with Gasteiger partial charge in [0.15, 0.2) is 0 Å². The maximum absolute atomic E-state index is 2.50. The lowest BCUT2D eigenvalue weighted by Gasteiger charge is -2.28. The molecule has 3 aliphatic rings. The molecule has 4 unspecified atom stereocenters. The number of fused-ring (bicyclic) bond motifs is 1. The third-order valence-electron chi connectivity index (χ3n) is 5.46. The molecule has 0 nitrogen and oxygen atoms in total. The predicted molar refractivity (Wildman–Crippen MR) is 73.7 cm³/mol. The van der Waals surface area contributed by atoms with Crippen molar-refractivity contribution >= 4 is 0 Å². The third-order valence-corrected chi connectivity index (χ3v) is 5.46. The Labute approximate surface area is 106 Å². The van der Waals surface area contributed by atoms with Crippen LogP contribution in [0.2, 0.25) is 0 Å². The van der Waals surface area contributed by atoms with E-state index in [-0.39, 0.29) is 0 Å². The highest BCUT2D eigenvalue weighted by Crippen LogP contribution is 2.48. The lowest BCUT2D eigenvalue weighted by atomic mass is 9.77. The first-order valence-corrected chi connectivity index (χ1v) is 7.69. The van der Waals surface area contributed by atoms with Crippen molar-refractivity contribution in [3.63, 3.8) is 0 Å². The molecule has 4 atom stereocenters. The van der Waals surface area contributed by atoms with Gasteiger partial charge in [-0.2, -0.15) is 0 Å². The van der Waals surface area contributed by atoms with E-state index in [0.29, 0.717) is 0 Å². The van der Waals surface area contributed by atoms with Crippen LogP contribution in [0.15, 0.2) is 24.3 Å². The Morgan fingerprint density at radius 1 is 0.941 bits per heavy atom. The summed E-state index contributed by atoms with van der Waals surface area (Å²) in [6, 6.07) is 0. The zero-order valence-corrected chi connectivity index (χ0v) is 11.1. The zero-order valence-electron chi connectivity index (χ0n) is 11.1. The molecule has 17 heavy (non-hydrogen) atoms. The first kappa shape index (κ1) is 11.6. The van der Waals surface area contributed by atoms with Gasteiger partial charge in [-0.05, 0) is 42.4 Å². The maximum atomic E-state index is 2.50. The molecule has 2 saturated carbocycles. The van der Waals surface area contributed by atoms with Gasteiger partial charge in [0.25, 0.3) is 0 Å². The topological polar surface area (TPSA) is 0 Å². The van der Waals surface area contributed by atoms with Gasteiger partial charge in [-0.25, -0.2) is 0 Å². The van der Waals surface area contributed by atoms with Crippen molar-refractivity contribution in [3.05, 3.63) is 24.3 Å². The van der Waals surface area contributed by atoms with Crippen LogP contribution in [0.4, 0.5) is 0 Å². The first-order valence-electron chi connectivity index (χ1n) is 7.69. The van der Waals surface area contributed by atoms with Crippen molar-refractivity contribution in [1.29, 1.82) is 0 Å². The van der Waals surface area contributed by atoms with Crippen molar-refractivity contribution in [2.75, 3.05) is 0 Å². The average Bonchev–Trinajstić information content (AvgIpc) is 2.69. The van der Waals surface area contributed by atoms with Crippen LogP contribution in [0, 0.1) is 29.6 Å². The van der Waals surface area contributed by atoms with E-state index < -0.39 is 0 Å². The van der Waals surface area contributed by atoms with E-state index in [9.17, 15) is 0 Å². The van der Waals surface area contributed by atoms with Gasteiger partial charge >= 0.3 is 0 Å². The summed E-state index contributed by atoms with van der Waals surface area (Å²) in [6.45, 7) is 2.46. The van der Waals surface area contributed by atoms with E-state index in [2.05, 4.69) is 31.2 Å². The van der Waals surface area contributed by atoms with E-state index in [1.165, 1.54) is 44.9 Å². The Morgan fingerprint density at radius 3 is 2.41 bits per heavy atom. The molecule has 2 fully saturated rings. The van der Waals surface area contributed by atoms with Crippen molar-refractivity contribution in [2.45, 2.75) is 51.9 Å². The molecule has 3 aliphatic carbocycles. The third kappa shape index (κ3) is 2.37. The smallest absolute Gasteiger partial charge is 0.0136 e. The minimum atomic E-state index is 0.855. The van der Waals surface area contributed by atoms with Gasteiger partial charge in [0.05, 0.1) is 0 Å². The molecule has 0 radical (unpaired) electrons. The van der Waals surface area contributed by atoms with Crippen molar-refractivity contribution in [1.82, 2.24) is 0 Å². The molecule has 0 amide bonds. The second-order valence-electron chi connectivity index (χ2n) is 6.64. The van der Waals surface area contributed by atoms with E-state index in [1.807, 2.05) is 0 Å².